The van der Waals surface area contributed by atoms with E-state index in [2.05, 4.69) is 20.6 Å². The molecule has 0 spiro atoms. The number of para-hydroxylation sites is 1. The normalized spacial score (nSPS) is 14.8. The smallest absolute Gasteiger partial charge is 0.270 e. The van der Waals surface area contributed by atoms with E-state index in [1.807, 2.05) is 67.6 Å². The number of benzene rings is 2. The van der Waals surface area contributed by atoms with Gasteiger partial charge in [-0.05, 0) is 37.0 Å². The van der Waals surface area contributed by atoms with Crippen LogP contribution in [0.1, 0.15) is 42.2 Å². The van der Waals surface area contributed by atoms with Gasteiger partial charge in [0.05, 0.1) is 12.1 Å². The van der Waals surface area contributed by atoms with Gasteiger partial charge < -0.3 is 31.8 Å². The summed E-state index contributed by atoms with van der Waals surface area (Å²) in [6.45, 7) is 3.07. The Labute approximate surface area is 239 Å². The Balaban J connectivity index is 0.000000587. The molecule has 11 heteroatoms. The Morgan fingerprint density at radius 1 is 1.07 bits per heavy atom. The molecule has 1 unspecified atom stereocenters. The molecule has 2 aromatic carbocycles. The first-order chi connectivity index (χ1) is 19.8. The standard InChI is InChI=1S/C26H26N4O4.C4H11N3/c31-16-14-27-25(33)23-11-6-15-30(23)26(34)22(17-18-7-2-1-3-8-18)29-24(32)21-13-12-19-9-4-5-10-20(19)28-21;1-2-3-7-4(5)6/h1-5,7-10,12-13,16,22-23H,6,11,14-15,17H2,(H,27,33)(H,29,32);2-3H2,1H3,(H4,5,6,7)/t22?,23-;/m0./s1. The molecule has 1 aliphatic rings. The van der Waals surface area contributed by atoms with Gasteiger partial charge in [0.25, 0.3) is 5.91 Å². The summed E-state index contributed by atoms with van der Waals surface area (Å²) in [5.74, 6) is -0.969. The molecule has 3 aromatic rings. The number of hydrogen-bond donors (Lipinski definition) is 4. The maximum atomic E-state index is 13.6. The van der Waals surface area contributed by atoms with Crippen molar-refractivity contribution in [3.05, 3.63) is 78.0 Å². The lowest BCUT2D eigenvalue weighted by Gasteiger charge is -2.28. The van der Waals surface area contributed by atoms with Crippen LogP contribution in [0.3, 0.4) is 0 Å². The number of pyridine rings is 1. The van der Waals surface area contributed by atoms with Crippen LogP contribution in [0.5, 0.6) is 0 Å². The van der Waals surface area contributed by atoms with Gasteiger partial charge in [0.2, 0.25) is 11.8 Å². The number of fused-ring (bicyclic) bond motifs is 1. The zero-order valence-corrected chi connectivity index (χ0v) is 23.2. The predicted molar refractivity (Wildman–Crippen MR) is 158 cm³/mol. The first kappa shape index (κ1) is 30.7. The van der Waals surface area contributed by atoms with Gasteiger partial charge >= 0.3 is 0 Å². The van der Waals surface area contributed by atoms with Crippen LogP contribution in [0, 0.1) is 0 Å². The third-order valence-electron chi connectivity index (χ3n) is 6.43. The van der Waals surface area contributed by atoms with Crippen molar-refractivity contribution in [1.82, 2.24) is 20.5 Å². The average molecular weight is 560 g/mol. The summed E-state index contributed by atoms with van der Waals surface area (Å²) in [7, 11) is 0. The molecule has 1 saturated heterocycles. The molecule has 0 radical (unpaired) electrons. The van der Waals surface area contributed by atoms with Crippen LogP contribution in [-0.2, 0) is 20.8 Å². The Bertz CT molecular complexity index is 1360. The van der Waals surface area contributed by atoms with Crippen LogP contribution in [0.25, 0.3) is 10.9 Å². The Morgan fingerprint density at radius 2 is 1.80 bits per heavy atom. The highest BCUT2D eigenvalue weighted by molar-refractivity contribution is 5.99. The van der Waals surface area contributed by atoms with Gasteiger partial charge in [0.15, 0.2) is 5.96 Å². The molecule has 1 fully saturated rings. The second-order valence-electron chi connectivity index (χ2n) is 9.51. The molecule has 2 heterocycles. The summed E-state index contributed by atoms with van der Waals surface area (Å²) in [4.78, 5) is 59.5. The Kier molecular flexibility index (Phi) is 11.8. The topological polar surface area (TPSA) is 173 Å². The SMILES string of the molecule is CCCN=C(N)N.O=CCNC(=O)[C@@H]1CCCN1C(=O)C(Cc1ccccc1)NC(=O)c1ccc2ccccc2n1. The number of nitrogens with zero attached hydrogens (tertiary/aromatic N) is 3. The van der Waals surface area contributed by atoms with Crippen molar-refractivity contribution < 1.29 is 19.2 Å². The summed E-state index contributed by atoms with van der Waals surface area (Å²) >= 11 is 0. The van der Waals surface area contributed by atoms with Crippen LogP contribution < -0.4 is 22.1 Å². The fraction of sp³-hybridized carbons (Fsp3) is 0.333. The molecule has 41 heavy (non-hydrogen) atoms. The fourth-order valence-electron chi connectivity index (χ4n) is 4.48. The molecule has 11 nitrogen and oxygen atoms in total. The number of guanidine groups is 1. The van der Waals surface area contributed by atoms with E-state index in [-0.39, 0.29) is 36.4 Å². The summed E-state index contributed by atoms with van der Waals surface area (Å²) in [6, 6.07) is 18.8. The molecule has 6 N–H and O–H groups in total. The molecule has 1 aliphatic heterocycles. The molecule has 0 aliphatic carbocycles. The van der Waals surface area contributed by atoms with Gasteiger partial charge in [-0.15, -0.1) is 0 Å². The van der Waals surface area contributed by atoms with Crippen LogP contribution in [-0.4, -0.2) is 71.6 Å². The first-order valence-corrected chi connectivity index (χ1v) is 13.6. The summed E-state index contributed by atoms with van der Waals surface area (Å²) in [5, 5.41) is 6.29. The van der Waals surface area contributed by atoms with E-state index in [0.29, 0.717) is 31.2 Å². The second-order valence-corrected chi connectivity index (χ2v) is 9.51. The predicted octanol–water partition coefficient (Wildman–Crippen LogP) is 1.55. The molecule has 1 aromatic heterocycles. The van der Waals surface area contributed by atoms with Gasteiger partial charge in [0.1, 0.15) is 24.1 Å². The van der Waals surface area contributed by atoms with Gasteiger partial charge in [0, 0.05) is 24.9 Å². The van der Waals surface area contributed by atoms with E-state index >= 15 is 0 Å². The number of nitrogens with two attached hydrogens (primary N) is 2. The Hall–Kier alpha value is -4.80. The number of rotatable bonds is 10. The van der Waals surface area contributed by atoms with Crippen molar-refractivity contribution >= 4 is 40.9 Å². The highest BCUT2D eigenvalue weighted by Gasteiger charge is 2.37. The van der Waals surface area contributed by atoms with Crippen molar-refractivity contribution in [2.24, 2.45) is 16.5 Å². The lowest BCUT2D eigenvalue weighted by molar-refractivity contribution is -0.139. The van der Waals surface area contributed by atoms with Crippen LogP contribution in [0.2, 0.25) is 0 Å². The first-order valence-electron chi connectivity index (χ1n) is 13.6. The molecule has 0 saturated carbocycles. The fourth-order valence-corrected chi connectivity index (χ4v) is 4.48. The number of aliphatic imine (C=N–C) groups is 1. The van der Waals surface area contributed by atoms with E-state index in [9.17, 15) is 19.2 Å². The van der Waals surface area contributed by atoms with Crippen LogP contribution in [0.4, 0.5) is 0 Å². The lowest BCUT2D eigenvalue weighted by Crippen LogP contribution is -2.54. The molecule has 2 atom stereocenters. The highest BCUT2D eigenvalue weighted by atomic mass is 16.2. The molecule has 4 rings (SSSR count). The zero-order chi connectivity index (χ0) is 29.6. The van der Waals surface area contributed by atoms with E-state index in [4.69, 9.17) is 11.5 Å². The summed E-state index contributed by atoms with van der Waals surface area (Å²) in [6.07, 6.45) is 3.06. The number of likely N-dealkylation sites (tertiary alicyclic amines) is 1. The molecule has 3 amide bonds. The van der Waals surface area contributed by atoms with Crippen molar-refractivity contribution in [2.45, 2.75) is 44.7 Å². The molecular weight excluding hydrogens is 522 g/mol. The van der Waals surface area contributed by atoms with Crippen molar-refractivity contribution in [3.8, 4) is 0 Å². The number of aldehydes is 1. The quantitative estimate of drug-likeness (QED) is 0.166. The summed E-state index contributed by atoms with van der Waals surface area (Å²) < 4.78 is 0. The maximum absolute atomic E-state index is 13.6. The van der Waals surface area contributed by atoms with E-state index in [1.54, 1.807) is 6.07 Å². The third kappa shape index (κ3) is 9.13. The Morgan fingerprint density at radius 3 is 2.49 bits per heavy atom. The number of carbonyl (C=O) groups excluding carboxylic acids is 4. The van der Waals surface area contributed by atoms with Crippen molar-refractivity contribution in [1.29, 1.82) is 0 Å². The molecule has 216 valence electrons. The van der Waals surface area contributed by atoms with E-state index in [0.717, 1.165) is 23.9 Å². The van der Waals surface area contributed by atoms with Gasteiger partial charge in [-0.2, -0.15) is 0 Å². The van der Waals surface area contributed by atoms with Gasteiger partial charge in [-0.3, -0.25) is 19.4 Å². The monoisotopic (exact) mass is 559 g/mol. The number of amides is 3. The van der Waals surface area contributed by atoms with Crippen molar-refractivity contribution in [3.63, 3.8) is 0 Å². The van der Waals surface area contributed by atoms with Crippen LogP contribution in [0.15, 0.2) is 71.7 Å². The van der Waals surface area contributed by atoms with Crippen LogP contribution >= 0.6 is 0 Å². The zero-order valence-electron chi connectivity index (χ0n) is 23.2. The second kappa shape index (κ2) is 15.7. The number of carbonyl (C=O) groups is 4. The minimum Gasteiger partial charge on any atom is -0.370 e. The molecule has 0 bridgehead atoms. The minimum atomic E-state index is -0.873. The van der Waals surface area contributed by atoms with Gasteiger partial charge in [-0.1, -0.05) is 61.5 Å². The molecular formula is C30H37N7O4. The largest absolute Gasteiger partial charge is 0.370 e. The minimum absolute atomic E-state index is 0.102. The van der Waals surface area contributed by atoms with Crippen molar-refractivity contribution in [2.75, 3.05) is 19.6 Å². The maximum Gasteiger partial charge on any atom is 0.270 e. The highest BCUT2D eigenvalue weighted by Crippen LogP contribution is 2.20. The average Bonchev–Trinajstić information content (AvgIpc) is 3.49. The van der Waals surface area contributed by atoms with E-state index < -0.39 is 18.0 Å². The number of nitrogens with one attached hydrogen (secondary N) is 2. The number of hydrogen-bond acceptors (Lipinski definition) is 6. The third-order valence-corrected chi connectivity index (χ3v) is 6.43. The van der Waals surface area contributed by atoms with E-state index in [1.165, 1.54) is 4.90 Å². The summed E-state index contributed by atoms with van der Waals surface area (Å²) in [5.41, 5.74) is 11.8. The lowest BCUT2D eigenvalue weighted by atomic mass is 10.0. The number of aromatic nitrogens is 1. The van der Waals surface area contributed by atoms with Gasteiger partial charge in [-0.25, -0.2) is 4.98 Å².